The first-order chi connectivity index (χ1) is 7.38. The molecule has 0 amide bonds. The summed E-state index contributed by atoms with van der Waals surface area (Å²) < 4.78 is 0. The molecule has 0 aliphatic heterocycles. The average Bonchev–Trinajstić information content (AvgIpc) is 2.66. The van der Waals surface area contributed by atoms with E-state index in [1.165, 1.54) is 5.39 Å². The van der Waals surface area contributed by atoms with Crippen molar-refractivity contribution in [2.24, 2.45) is 0 Å². The van der Waals surface area contributed by atoms with Crippen molar-refractivity contribution in [1.29, 1.82) is 0 Å². The third kappa shape index (κ3) is 1.58. The van der Waals surface area contributed by atoms with Crippen LogP contribution in [0.5, 0.6) is 0 Å². The van der Waals surface area contributed by atoms with Crippen LogP contribution in [-0.4, -0.2) is 4.98 Å². The molecule has 3 aromatic rings. The molecule has 1 aromatic heterocycles. The molecule has 16 heavy (non-hydrogen) atoms. The Balaban J connectivity index is 0.000000963. The quantitative estimate of drug-likeness (QED) is 0.346. The monoisotopic (exact) mass is 387 g/mol. The van der Waals surface area contributed by atoms with Gasteiger partial charge in [-0.1, -0.05) is 24.3 Å². The fourth-order valence-electron chi connectivity index (χ4n) is 1.93. The van der Waals surface area contributed by atoms with Gasteiger partial charge in [-0.3, -0.25) is 5.92 Å². The second kappa shape index (κ2) is 4.19. The number of aromatic nitrogens is 1. The molecule has 2 aromatic carbocycles. The SMILES string of the molecule is [Au+].[C-]#Cc1ccc2[nH]c3ccccc3c2c1. The van der Waals surface area contributed by atoms with Gasteiger partial charge >= 0.3 is 22.4 Å². The summed E-state index contributed by atoms with van der Waals surface area (Å²) in [4.78, 5) is 3.34. The Morgan fingerprint density at radius 1 is 0.938 bits per heavy atom. The predicted molar refractivity (Wildman–Crippen MR) is 62.0 cm³/mol. The van der Waals surface area contributed by atoms with Crippen molar-refractivity contribution in [2.45, 2.75) is 0 Å². The van der Waals surface area contributed by atoms with Gasteiger partial charge in [-0.2, -0.15) is 0 Å². The smallest absolute Gasteiger partial charge is 0.366 e. The van der Waals surface area contributed by atoms with Crippen molar-refractivity contribution in [3.63, 3.8) is 0 Å². The van der Waals surface area contributed by atoms with Crippen LogP contribution in [0.4, 0.5) is 0 Å². The maximum Gasteiger partial charge on any atom is 1.00 e. The van der Waals surface area contributed by atoms with E-state index in [-0.39, 0.29) is 22.4 Å². The molecule has 2 heteroatoms. The van der Waals surface area contributed by atoms with Crippen LogP contribution in [0, 0.1) is 12.3 Å². The molecule has 0 radical (unpaired) electrons. The molecule has 0 fully saturated rings. The molecule has 1 heterocycles. The molecule has 1 nitrogen and oxygen atoms in total. The second-order valence-corrected chi connectivity index (χ2v) is 3.56. The maximum absolute atomic E-state index is 7.12. The van der Waals surface area contributed by atoms with E-state index in [9.17, 15) is 0 Å². The third-order valence-corrected chi connectivity index (χ3v) is 2.65. The molecule has 0 unspecified atom stereocenters. The number of aromatic amines is 1. The number of H-pyrrole nitrogens is 1. The minimum Gasteiger partial charge on any atom is -0.366 e. The van der Waals surface area contributed by atoms with Crippen LogP contribution in [0.1, 0.15) is 5.56 Å². The van der Waals surface area contributed by atoms with Gasteiger partial charge in [0.25, 0.3) is 0 Å². The summed E-state index contributed by atoms with van der Waals surface area (Å²) in [7, 11) is 0. The molecular formula is C14H8AuN. The number of para-hydroxylation sites is 1. The number of nitrogens with one attached hydrogen (secondary N) is 1. The van der Waals surface area contributed by atoms with E-state index in [4.69, 9.17) is 6.42 Å². The van der Waals surface area contributed by atoms with Crippen LogP contribution < -0.4 is 0 Å². The first kappa shape index (κ1) is 11.0. The molecule has 0 aliphatic carbocycles. The Labute approximate surface area is 109 Å². The van der Waals surface area contributed by atoms with Crippen LogP contribution in [-0.2, 0) is 22.4 Å². The predicted octanol–water partition coefficient (Wildman–Crippen LogP) is 3.26. The van der Waals surface area contributed by atoms with Crippen molar-refractivity contribution < 1.29 is 22.4 Å². The molecule has 1 N–H and O–H groups in total. The minimum absolute atomic E-state index is 0. The molecule has 80 valence electrons. The molecule has 0 atom stereocenters. The van der Waals surface area contributed by atoms with Crippen molar-refractivity contribution in [3.05, 3.63) is 54.5 Å². The van der Waals surface area contributed by atoms with Crippen LogP contribution in [0.3, 0.4) is 0 Å². The van der Waals surface area contributed by atoms with Crippen LogP contribution in [0.25, 0.3) is 21.8 Å². The largest absolute Gasteiger partial charge is 1.00 e. The van der Waals surface area contributed by atoms with Gasteiger partial charge < -0.3 is 11.4 Å². The average molecular weight is 387 g/mol. The van der Waals surface area contributed by atoms with Gasteiger partial charge in [-0.05, 0) is 11.5 Å². The Morgan fingerprint density at radius 3 is 2.50 bits per heavy atom. The zero-order chi connectivity index (χ0) is 10.3. The van der Waals surface area contributed by atoms with Crippen LogP contribution in [0.15, 0.2) is 42.5 Å². The summed E-state index contributed by atoms with van der Waals surface area (Å²) in [6, 6.07) is 14.1. The van der Waals surface area contributed by atoms with Gasteiger partial charge in [0.1, 0.15) is 0 Å². The fourth-order valence-corrected chi connectivity index (χ4v) is 1.93. The molecule has 0 saturated carbocycles. The number of fused-ring (bicyclic) bond motifs is 3. The Bertz CT molecular complexity index is 689. The van der Waals surface area contributed by atoms with E-state index in [2.05, 4.69) is 23.0 Å². The number of rotatable bonds is 0. The summed E-state index contributed by atoms with van der Waals surface area (Å²) in [5, 5.41) is 2.35. The minimum atomic E-state index is 0. The standard InChI is InChI=1S/C14H8N.Au/c1-2-10-7-8-14-12(9-10)11-5-3-4-6-13(11)15-14;/h3-9,15H;/q-1;+1. The normalized spacial score (nSPS) is 9.94. The molecule has 3 rings (SSSR count). The molecule has 0 spiro atoms. The summed E-state index contributed by atoms with van der Waals surface area (Å²) in [6.07, 6.45) is 7.12. The summed E-state index contributed by atoms with van der Waals surface area (Å²) >= 11 is 0. The first-order valence-corrected chi connectivity index (χ1v) is 4.82. The van der Waals surface area contributed by atoms with E-state index in [1.54, 1.807) is 0 Å². The van der Waals surface area contributed by atoms with E-state index in [1.807, 2.05) is 30.3 Å². The zero-order valence-corrected chi connectivity index (χ0v) is 10.5. The number of hydrogen-bond donors (Lipinski definition) is 1. The molecular weight excluding hydrogens is 379 g/mol. The van der Waals surface area contributed by atoms with E-state index >= 15 is 0 Å². The summed E-state index contributed by atoms with van der Waals surface area (Å²) in [6.45, 7) is 0. The van der Waals surface area contributed by atoms with E-state index in [0.29, 0.717) is 0 Å². The number of hydrogen-bond acceptors (Lipinski definition) is 0. The Morgan fingerprint density at radius 2 is 1.69 bits per heavy atom. The summed E-state index contributed by atoms with van der Waals surface area (Å²) in [5.74, 6) is 2.41. The maximum atomic E-state index is 7.12. The molecule has 0 aliphatic rings. The van der Waals surface area contributed by atoms with Crippen LogP contribution >= 0.6 is 0 Å². The molecule has 0 saturated heterocycles. The Hall–Kier alpha value is -1.46. The van der Waals surface area contributed by atoms with Crippen molar-refractivity contribution in [2.75, 3.05) is 0 Å². The zero-order valence-electron chi connectivity index (χ0n) is 8.34. The van der Waals surface area contributed by atoms with Gasteiger partial charge in [-0.15, -0.1) is 17.7 Å². The Kier molecular flexibility index (Phi) is 2.89. The van der Waals surface area contributed by atoms with Crippen molar-refractivity contribution in [3.8, 4) is 5.92 Å². The summed E-state index contributed by atoms with van der Waals surface area (Å²) in [5.41, 5.74) is 3.05. The third-order valence-electron chi connectivity index (χ3n) is 2.65. The van der Waals surface area contributed by atoms with Crippen LogP contribution in [0.2, 0.25) is 0 Å². The van der Waals surface area contributed by atoms with Gasteiger partial charge in [0.15, 0.2) is 0 Å². The van der Waals surface area contributed by atoms with Gasteiger partial charge in [-0.25, -0.2) is 0 Å². The van der Waals surface area contributed by atoms with Gasteiger partial charge in [0.05, 0.1) is 0 Å². The van der Waals surface area contributed by atoms with E-state index in [0.717, 1.165) is 22.0 Å². The first-order valence-electron chi connectivity index (χ1n) is 4.82. The van der Waals surface area contributed by atoms with E-state index < -0.39 is 0 Å². The van der Waals surface area contributed by atoms with Crippen molar-refractivity contribution in [1.82, 2.24) is 4.98 Å². The topological polar surface area (TPSA) is 15.8 Å². The molecule has 0 bridgehead atoms. The fraction of sp³-hybridized carbons (Fsp3) is 0. The second-order valence-electron chi connectivity index (χ2n) is 3.56. The van der Waals surface area contributed by atoms with Gasteiger partial charge in [0.2, 0.25) is 0 Å². The number of benzene rings is 2. The van der Waals surface area contributed by atoms with Crippen molar-refractivity contribution >= 4 is 21.8 Å². The van der Waals surface area contributed by atoms with Gasteiger partial charge in [0, 0.05) is 16.4 Å².